The van der Waals surface area contributed by atoms with Crippen LogP contribution in [0, 0.1) is 0 Å². The highest BCUT2D eigenvalue weighted by Gasteiger charge is 2.13. The van der Waals surface area contributed by atoms with Gasteiger partial charge in [0.05, 0.1) is 15.4 Å². The highest BCUT2D eigenvalue weighted by Crippen LogP contribution is 2.28. The zero-order valence-corrected chi connectivity index (χ0v) is 13.3. The second-order valence-corrected chi connectivity index (χ2v) is 6.88. The van der Waals surface area contributed by atoms with Crippen LogP contribution in [-0.4, -0.2) is 9.97 Å². The van der Waals surface area contributed by atoms with Crippen LogP contribution in [0.3, 0.4) is 0 Å². The van der Waals surface area contributed by atoms with Crippen LogP contribution in [0.5, 0.6) is 0 Å². The van der Waals surface area contributed by atoms with E-state index in [-0.39, 0.29) is 17.8 Å². The molecule has 2 heterocycles. The molecule has 2 aromatic heterocycles. The third kappa shape index (κ3) is 3.05. The van der Waals surface area contributed by atoms with Crippen molar-refractivity contribution in [2.24, 2.45) is 0 Å². The predicted octanol–water partition coefficient (Wildman–Crippen LogP) is 3.98. The average molecular weight is 322 g/mol. The molecule has 0 aliphatic heterocycles. The second kappa shape index (κ2) is 5.67. The number of fused-ring (bicyclic) bond motifs is 1. The third-order valence-electron chi connectivity index (χ3n) is 3.56. The molecule has 2 unspecified atom stereocenters. The molecule has 3 rings (SSSR count). The van der Waals surface area contributed by atoms with E-state index in [0.717, 1.165) is 20.9 Å². The number of nitrogens with one attached hydrogen (secondary N) is 3. The molecule has 0 fully saturated rings. The first-order chi connectivity index (χ1) is 10.0. The van der Waals surface area contributed by atoms with Gasteiger partial charge in [-0.05, 0) is 43.7 Å². The zero-order valence-electron chi connectivity index (χ0n) is 11.7. The van der Waals surface area contributed by atoms with Crippen LogP contribution in [0.4, 0.5) is 0 Å². The molecule has 21 heavy (non-hydrogen) atoms. The summed E-state index contributed by atoms with van der Waals surface area (Å²) in [5, 5.41) is 3.55. The molecule has 0 radical (unpaired) electrons. The van der Waals surface area contributed by atoms with Gasteiger partial charge in [-0.25, -0.2) is 4.79 Å². The van der Waals surface area contributed by atoms with E-state index in [4.69, 9.17) is 11.6 Å². The Kier molecular flexibility index (Phi) is 3.89. The summed E-state index contributed by atoms with van der Waals surface area (Å²) in [4.78, 5) is 18.0. The molecule has 0 saturated carbocycles. The predicted molar refractivity (Wildman–Crippen MR) is 88.2 cm³/mol. The smallest absolute Gasteiger partial charge is 0.306 e. The summed E-state index contributed by atoms with van der Waals surface area (Å²) in [5.74, 6) is 0. The van der Waals surface area contributed by atoms with Crippen molar-refractivity contribution >= 4 is 34.0 Å². The molecule has 0 aliphatic carbocycles. The Labute approximate surface area is 131 Å². The maximum Gasteiger partial charge on any atom is 0.323 e. The Hall–Kier alpha value is -1.56. The first-order valence-corrected chi connectivity index (χ1v) is 7.95. The van der Waals surface area contributed by atoms with Gasteiger partial charge in [-0.15, -0.1) is 11.3 Å². The highest BCUT2D eigenvalue weighted by molar-refractivity contribution is 7.16. The monoisotopic (exact) mass is 321 g/mol. The SMILES string of the molecule is CC(NC(C)c1ccc(Cl)s1)c1ccc2[nH]c(=O)[nH]c2c1. The van der Waals surface area contributed by atoms with E-state index in [1.54, 1.807) is 11.3 Å². The van der Waals surface area contributed by atoms with E-state index in [2.05, 4.69) is 29.1 Å². The van der Waals surface area contributed by atoms with Gasteiger partial charge in [0.15, 0.2) is 0 Å². The van der Waals surface area contributed by atoms with Crippen molar-refractivity contribution in [3.05, 3.63) is 55.6 Å². The summed E-state index contributed by atoms with van der Waals surface area (Å²) in [6.45, 7) is 4.23. The average Bonchev–Trinajstić information content (AvgIpc) is 3.02. The number of H-pyrrole nitrogens is 2. The number of hydrogen-bond donors (Lipinski definition) is 3. The molecular weight excluding hydrogens is 306 g/mol. The van der Waals surface area contributed by atoms with Crippen LogP contribution in [-0.2, 0) is 0 Å². The minimum atomic E-state index is -0.177. The van der Waals surface area contributed by atoms with Gasteiger partial charge in [-0.1, -0.05) is 17.7 Å². The van der Waals surface area contributed by atoms with Crippen molar-refractivity contribution in [3.63, 3.8) is 0 Å². The van der Waals surface area contributed by atoms with Crippen LogP contribution in [0.1, 0.15) is 36.4 Å². The standard InChI is InChI=1S/C15H16ClN3OS/c1-8(17-9(2)13-5-6-14(16)21-13)10-3-4-11-12(7-10)19-15(20)18-11/h3-9,17H,1-2H3,(H2,18,19,20). The zero-order chi connectivity index (χ0) is 15.0. The summed E-state index contributed by atoms with van der Waals surface area (Å²) in [6, 6.07) is 10.3. The van der Waals surface area contributed by atoms with Gasteiger partial charge >= 0.3 is 5.69 Å². The van der Waals surface area contributed by atoms with E-state index in [9.17, 15) is 4.79 Å². The van der Waals surface area contributed by atoms with Crippen LogP contribution in [0.25, 0.3) is 11.0 Å². The van der Waals surface area contributed by atoms with E-state index < -0.39 is 0 Å². The first kappa shape index (κ1) is 14.4. The maximum atomic E-state index is 11.3. The van der Waals surface area contributed by atoms with Crippen molar-refractivity contribution in [1.82, 2.24) is 15.3 Å². The summed E-state index contributed by atoms with van der Waals surface area (Å²) >= 11 is 7.57. The summed E-state index contributed by atoms with van der Waals surface area (Å²) in [6.07, 6.45) is 0. The Bertz CT molecular complexity index is 820. The largest absolute Gasteiger partial charge is 0.323 e. The van der Waals surface area contributed by atoms with Crippen LogP contribution in [0.15, 0.2) is 35.1 Å². The van der Waals surface area contributed by atoms with Gasteiger partial charge in [-0.2, -0.15) is 0 Å². The molecule has 4 nitrogen and oxygen atoms in total. The molecule has 0 amide bonds. The van der Waals surface area contributed by atoms with E-state index in [0.29, 0.717) is 0 Å². The van der Waals surface area contributed by atoms with Crippen LogP contribution >= 0.6 is 22.9 Å². The molecular formula is C15H16ClN3OS. The van der Waals surface area contributed by atoms with Crippen molar-refractivity contribution in [1.29, 1.82) is 0 Å². The van der Waals surface area contributed by atoms with Crippen LogP contribution < -0.4 is 11.0 Å². The number of hydrogen-bond acceptors (Lipinski definition) is 3. The highest BCUT2D eigenvalue weighted by atomic mass is 35.5. The summed E-state index contributed by atoms with van der Waals surface area (Å²) in [5.41, 5.74) is 2.61. The second-order valence-electron chi connectivity index (χ2n) is 5.14. The van der Waals surface area contributed by atoms with Gasteiger partial charge in [-0.3, -0.25) is 0 Å². The molecule has 0 saturated heterocycles. The maximum absolute atomic E-state index is 11.3. The van der Waals surface area contributed by atoms with Crippen molar-refractivity contribution < 1.29 is 0 Å². The number of aromatic nitrogens is 2. The van der Waals surface area contributed by atoms with Crippen LogP contribution in [0.2, 0.25) is 4.34 Å². The van der Waals surface area contributed by atoms with Gasteiger partial charge in [0.1, 0.15) is 0 Å². The Morgan fingerprint density at radius 3 is 2.57 bits per heavy atom. The lowest BCUT2D eigenvalue weighted by molar-refractivity contribution is 0.500. The van der Waals surface area contributed by atoms with E-state index in [1.165, 1.54) is 4.88 Å². The quantitative estimate of drug-likeness (QED) is 0.680. The Balaban J connectivity index is 1.79. The number of imidazole rings is 1. The van der Waals surface area contributed by atoms with Gasteiger partial charge in [0.2, 0.25) is 0 Å². The van der Waals surface area contributed by atoms with E-state index >= 15 is 0 Å². The lowest BCUT2D eigenvalue weighted by Crippen LogP contribution is -2.21. The fraction of sp³-hybridized carbons (Fsp3) is 0.267. The fourth-order valence-electron chi connectivity index (χ4n) is 2.43. The minimum Gasteiger partial charge on any atom is -0.306 e. The molecule has 0 spiro atoms. The lowest BCUT2D eigenvalue weighted by Gasteiger charge is -2.19. The first-order valence-electron chi connectivity index (χ1n) is 6.76. The number of thiophene rings is 1. The number of benzene rings is 1. The van der Waals surface area contributed by atoms with Gasteiger partial charge in [0.25, 0.3) is 0 Å². The number of halogens is 1. The fourth-order valence-corrected chi connectivity index (χ4v) is 3.51. The van der Waals surface area contributed by atoms with Crippen molar-refractivity contribution in [2.45, 2.75) is 25.9 Å². The molecule has 0 bridgehead atoms. The lowest BCUT2D eigenvalue weighted by atomic mass is 10.1. The Morgan fingerprint density at radius 1 is 1.10 bits per heavy atom. The summed E-state index contributed by atoms with van der Waals surface area (Å²) < 4.78 is 0.803. The molecule has 3 aromatic rings. The van der Waals surface area contributed by atoms with Crippen molar-refractivity contribution in [2.75, 3.05) is 0 Å². The molecule has 6 heteroatoms. The Morgan fingerprint density at radius 2 is 1.86 bits per heavy atom. The van der Waals surface area contributed by atoms with E-state index in [1.807, 2.05) is 30.3 Å². The molecule has 0 aliphatic rings. The van der Waals surface area contributed by atoms with Gasteiger partial charge < -0.3 is 15.3 Å². The molecule has 110 valence electrons. The van der Waals surface area contributed by atoms with Gasteiger partial charge in [0, 0.05) is 17.0 Å². The van der Waals surface area contributed by atoms with Crippen molar-refractivity contribution in [3.8, 4) is 0 Å². The molecule has 3 N–H and O–H groups in total. The number of rotatable bonds is 4. The molecule has 2 atom stereocenters. The minimum absolute atomic E-state index is 0.170. The number of aromatic amines is 2. The topological polar surface area (TPSA) is 60.7 Å². The summed E-state index contributed by atoms with van der Waals surface area (Å²) in [7, 11) is 0. The molecule has 1 aromatic carbocycles. The third-order valence-corrected chi connectivity index (χ3v) is 4.97. The normalized spacial score (nSPS) is 14.4.